The van der Waals surface area contributed by atoms with Crippen molar-refractivity contribution in [2.75, 3.05) is 13.4 Å². The number of methoxy groups -OCH3 is 1. The molecule has 0 saturated carbocycles. The third-order valence-electron chi connectivity index (χ3n) is 4.25. The lowest BCUT2D eigenvalue weighted by Crippen LogP contribution is -2.30. The van der Waals surface area contributed by atoms with E-state index >= 15 is 0 Å². The maximum absolute atomic E-state index is 13.1. The summed E-state index contributed by atoms with van der Waals surface area (Å²) in [5, 5.41) is 2.24. The molecule has 0 fully saturated rings. The molecular weight excluding hydrogens is 411 g/mol. The number of hydrogen-bond acceptors (Lipinski definition) is 5. The van der Waals surface area contributed by atoms with E-state index in [0.29, 0.717) is 23.3 Å². The van der Waals surface area contributed by atoms with Crippen LogP contribution in [0.5, 0.6) is 5.75 Å². The van der Waals surface area contributed by atoms with E-state index < -0.39 is 11.7 Å². The SMILES string of the molecule is CC.CC/C=C(/SC)N(N)/C(=C\N)C(=C(C)CC)c1ccc(C(F)(F)F)cc1OC. The van der Waals surface area contributed by atoms with Gasteiger partial charge in [-0.15, -0.1) is 11.8 Å². The van der Waals surface area contributed by atoms with Gasteiger partial charge in [0.05, 0.1) is 23.4 Å². The molecule has 8 heteroatoms. The lowest BCUT2D eigenvalue weighted by atomic mass is 9.94. The Hall–Kier alpha value is -2.06. The number of benzene rings is 1. The minimum atomic E-state index is -4.46. The van der Waals surface area contributed by atoms with Crippen molar-refractivity contribution < 1.29 is 17.9 Å². The summed E-state index contributed by atoms with van der Waals surface area (Å²) in [5.74, 6) is 6.44. The van der Waals surface area contributed by atoms with Gasteiger partial charge in [-0.05, 0) is 44.2 Å². The van der Waals surface area contributed by atoms with Crippen molar-refractivity contribution in [3.63, 3.8) is 0 Å². The zero-order chi connectivity index (χ0) is 23.5. The summed E-state index contributed by atoms with van der Waals surface area (Å²) in [6, 6.07) is 3.42. The minimum absolute atomic E-state index is 0.107. The second kappa shape index (κ2) is 13.3. The average Bonchev–Trinajstić information content (AvgIpc) is 2.75. The van der Waals surface area contributed by atoms with Gasteiger partial charge in [0, 0.05) is 17.3 Å². The standard InChI is InChI=1S/C20H28F3N3OS.C2H6/c1-6-8-18(28-5)26(25)16(12-24)19(13(3)7-2)15-10-9-14(20(21,22)23)11-17(15)27-4;1-2/h8-12H,6-7,24-25H2,1-5H3;1-2H3/b16-12-,18-8+,19-13?;. The Morgan fingerprint density at radius 1 is 1.23 bits per heavy atom. The molecule has 4 nitrogen and oxygen atoms in total. The summed E-state index contributed by atoms with van der Waals surface area (Å²) < 4.78 is 44.6. The number of rotatable bonds is 8. The highest BCUT2D eigenvalue weighted by Crippen LogP contribution is 2.40. The number of alkyl halides is 3. The van der Waals surface area contributed by atoms with Gasteiger partial charge in [0.25, 0.3) is 0 Å². The number of hydrogen-bond donors (Lipinski definition) is 2. The molecule has 0 aromatic heterocycles. The van der Waals surface area contributed by atoms with Crippen LogP contribution in [0.15, 0.2) is 46.8 Å². The molecule has 170 valence electrons. The minimum Gasteiger partial charge on any atom is -0.496 e. The monoisotopic (exact) mass is 445 g/mol. The lowest BCUT2D eigenvalue weighted by molar-refractivity contribution is -0.137. The van der Waals surface area contributed by atoms with Crippen molar-refractivity contribution in [3.05, 3.63) is 57.9 Å². The third-order valence-corrected chi connectivity index (χ3v) is 5.04. The lowest BCUT2D eigenvalue weighted by Gasteiger charge is -2.27. The first kappa shape index (κ1) is 27.9. The second-order valence-electron chi connectivity index (χ2n) is 6.00. The van der Waals surface area contributed by atoms with Crippen LogP contribution in [0.2, 0.25) is 0 Å². The zero-order valence-electron chi connectivity index (χ0n) is 18.9. The van der Waals surface area contributed by atoms with Crippen LogP contribution in [0.25, 0.3) is 5.57 Å². The van der Waals surface area contributed by atoms with E-state index in [0.717, 1.165) is 29.2 Å². The van der Waals surface area contributed by atoms with Crippen LogP contribution in [-0.2, 0) is 6.18 Å². The smallest absolute Gasteiger partial charge is 0.416 e. The maximum atomic E-state index is 13.1. The average molecular weight is 446 g/mol. The normalized spacial score (nSPS) is 13.3. The van der Waals surface area contributed by atoms with Crippen LogP contribution in [0.3, 0.4) is 0 Å². The van der Waals surface area contributed by atoms with Gasteiger partial charge in [0.15, 0.2) is 0 Å². The highest BCUT2D eigenvalue weighted by Gasteiger charge is 2.32. The number of nitrogens with two attached hydrogens (primary N) is 2. The van der Waals surface area contributed by atoms with E-state index in [4.69, 9.17) is 16.3 Å². The Morgan fingerprint density at radius 2 is 1.83 bits per heavy atom. The summed E-state index contributed by atoms with van der Waals surface area (Å²) in [6.07, 6.45) is 2.19. The van der Waals surface area contributed by atoms with Crippen molar-refractivity contribution in [2.45, 2.75) is 53.6 Å². The second-order valence-corrected chi connectivity index (χ2v) is 6.82. The molecule has 4 N–H and O–H groups in total. The number of hydrazine groups is 1. The zero-order valence-corrected chi connectivity index (χ0v) is 19.7. The number of ether oxygens (including phenoxy) is 1. The van der Waals surface area contributed by atoms with Crippen molar-refractivity contribution in [1.82, 2.24) is 5.01 Å². The molecule has 0 saturated heterocycles. The Balaban J connectivity index is 0.00000407. The fourth-order valence-corrected chi connectivity index (χ4v) is 3.32. The fourth-order valence-electron chi connectivity index (χ4n) is 2.69. The predicted molar refractivity (Wildman–Crippen MR) is 122 cm³/mol. The van der Waals surface area contributed by atoms with Gasteiger partial charge in [-0.25, -0.2) is 5.84 Å². The molecule has 0 atom stereocenters. The molecule has 0 unspecified atom stereocenters. The molecule has 0 aliphatic rings. The van der Waals surface area contributed by atoms with Gasteiger partial charge >= 0.3 is 6.18 Å². The van der Waals surface area contributed by atoms with Crippen LogP contribution >= 0.6 is 11.8 Å². The number of halogens is 3. The maximum Gasteiger partial charge on any atom is 0.416 e. The third kappa shape index (κ3) is 7.02. The summed E-state index contributed by atoms with van der Waals surface area (Å²) in [7, 11) is 1.34. The van der Waals surface area contributed by atoms with Gasteiger partial charge in [-0.2, -0.15) is 13.2 Å². The molecule has 0 aliphatic heterocycles. The molecular formula is C22H34F3N3OS. The van der Waals surface area contributed by atoms with Crippen molar-refractivity contribution in [2.24, 2.45) is 11.6 Å². The molecule has 1 aromatic rings. The molecule has 1 rings (SSSR count). The van der Waals surface area contributed by atoms with Crippen LogP contribution in [0.1, 0.15) is 58.6 Å². The van der Waals surface area contributed by atoms with Crippen molar-refractivity contribution >= 4 is 17.3 Å². The van der Waals surface area contributed by atoms with E-state index in [1.807, 2.05) is 47.0 Å². The van der Waals surface area contributed by atoms with Gasteiger partial charge < -0.3 is 10.5 Å². The number of nitrogens with zero attached hydrogens (tertiary/aromatic N) is 1. The van der Waals surface area contributed by atoms with Gasteiger partial charge in [-0.1, -0.05) is 39.3 Å². The Kier molecular flexibility index (Phi) is 12.4. The van der Waals surface area contributed by atoms with Crippen molar-refractivity contribution in [1.29, 1.82) is 0 Å². The van der Waals surface area contributed by atoms with Crippen molar-refractivity contribution in [3.8, 4) is 5.75 Å². The van der Waals surface area contributed by atoms with Gasteiger partial charge in [0.1, 0.15) is 5.75 Å². The van der Waals surface area contributed by atoms with E-state index in [-0.39, 0.29) is 5.75 Å². The summed E-state index contributed by atoms with van der Waals surface area (Å²) >= 11 is 1.46. The molecule has 1 aromatic carbocycles. The predicted octanol–water partition coefficient (Wildman–Crippen LogP) is 6.51. The summed E-state index contributed by atoms with van der Waals surface area (Å²) in [6.45, 7) is 9.84. The fraction of sp³-hybridized carbons (Fsp3) is 0.455. The quantitative estimate of drug-likeness (QED) is 0.271. The van der Waals surface area contributed by atoms with E-state index in [1.165, 1.54) is 36.1 Å². The molecule has 30 heavy (non-hydrogen) atoms. The molecule has 0 amide bonds. The molecule has 0 spiro atoms. The summed E-state index contributed by atoms with van der Waals surface area (Å²) in [4.78, 5) is 0. The van der Waals surface area contributed by atoms with E-state index in [1.54, 1.807) is 0 Å². The van der Waals surface area contributed by atoms with Crippen LogP contribution in [0, 0.1) is 0 Å². The molecule has 0 aliphatic carbocycles. The van der Waals surface area contributed by atoms with Crippen LogP contribution < -0.4 is 16.3 Å². The van der Waals surface area contributed by atoms with E-state index in [2.05, 4.69) is 0 Å². The topological polar surface area (TPSA) is 64.5 Å². The largest absolute Gasteiger partial charge is 0.496 e. The first-order valence-electron chi connectivity index (χ1n) is 9.82. The first-order valence-corrected chi connectivity index (χ1v) is 11.0. The van der Waals surface area contributed by atoms with Gasteiger partial charge in [-0.3, -0.25) is 5.01 Å². The highest BCUT2D eigenvalue weighted by molar-refractivity contribution is 8.02. The van der Waals surface area contributed by atoms with E-state index in [9.17, 15) is 13.2 Å². The van der Waals surface area contributed by atoms with Crippen LogP contribution in [0.4, 0.5) is 13.2 Å². The van der Waals surface area contributed by atoms with Crippen LogP contribution in [-0.4, -0.2) is 18.4 Å². The highest BCUT2D eigenvalue weighted by atomic mass is 32.2. The first-order chi connectivity index (χ1) is 14.2. The summed E-state index contributed by atoms with van der Waals surface area (Å²) in [5.41, 5.74) is 7.69. The van der Waals surface area contributed by atoms with Gasteiger partial charge in [0.2, 0.25) is 0 Å². The molecule has 0 heterocycles. The Bertz CT molecular complexity index is 771. The number of allylic oxidation sites excluding steroid dienone is 3. The molecule has 0 radical (unpaired) electrons. The Labute approximate surface area is 182 Å². The Morgan fingerprint density at radius 3 is 2.23 bits per heavy atom. The molecule has 0 bridgehead atoms. The number of thioether (sulfide) groups is 1.